The lowest BCUT2D eigenvalue weighted by Gasteiger charge is -2.07. The molecule has 0 radical (unpaired) electrons. The Morgan fingerprint density at radius 3 is 2.70 bits per heavy atom. The molecule has 1 aromatic heterocycles. The summed E-state index contributed by atoms with van der Waals surface area (Å²) >= 11 is 0. The van der Waals surface area contributed by atoms with Crippen LogP contribution in [0.5, 0.6) is 5.75 Å². The number of rotatable bonds is 6. The zero-order valence-corrected chi connectivity index (χ0v) is 13.4. The number of carbonyl (C=O) groups is 2. The number of carbonyl (C=O) groups excluding carboxylic acids is 2. The van der Waals surface area contributed by atoms with Crippen molar-refractivity contribution in [2.45, 2.75) is 13.5 Å². The molecule has 1 aromatic carbocycles. The highest BCUT2D eigenvalue weighted by Gasteiger charge is 2.12. The first-order valence-corrected chi connectivity index (χ1v) is 7.18. The van der Waals surface area contributed by atoms with Crippen molar-refractivity contribution in [3.8, 4) is 5.75 Å². The molecule has 0 spiro atoms. The first kappa shape index (κ1) is 16.5. The summed E-state index contributed by atoms with van der Waals surface area (Å²) in [5.74, 6) is 0.0922. The summed E-state index contributed by atoms with van der Waals surface area (Å²) in [7, 11) is 3.35. The van der Waals surface area contributed by atoms with E-state index < -0.39 is 0 Å². The van der Waals surface area contributed by atoms with Crippen LogP contribution in [0.1, 0.15) is 21.7 Å². The van der Waals surface area contributed by atoms with Gasteiger partial charge < -0.3 is 15.4 Å². The third kappa shape index (κ3) is 4.57. The van der Waals surface area contributed by atoms with Crippen LogP contribution < -0.4 is 15.4 Å². The Kier molecular flexibility index (Phi) is 5.35. The summed E-state index contributed by atoms with van der Waals surface area (Å²) in [6, 6.07) is 9.09. The van der Waals surface area contributed by atoms with E-state index in [4.69, 9.17) is 4.74 Å². The molecule has 0 aliphatic carbocycles. The standard InChI is InChI=1S/C16H20N4O3/c1-11-7-14(19-20(11)2)16(22)18-10-15(21)17-9-12-5-4-6-13(8-12)23-3/h4-8H,9-10H2,1-3H3,(H,17,21)(H,18,22). The number of hydrogen-bond donors (Lipinski definition) is 2. The van der Waals surface area contributed by atoms with E-state index in [9.17, 15) is 9.59 Å². The predicted octanol–water partition coefficient (Wildman–Crippen LogP) is 0.783. The van der Waals surface area contributed by atoms with Crippen molar-refractivity contribution < 1.29 is 14.3 Å². The number of aryl methyl sites for hydroxylation is 2. The molecular formula is C16H20N4O3. The third-order valence-corrected chi connectivity index (χ3v) is 3.38. The Hall–Kier alpha value is -2.83. The van der Waals surface area contributed by atoms with Gasteiger partial charge in [0.2, 0.25) is 5.91 Å². The largest absolute Gasteiger partial charge is 0.497 e. The Morgan fingerprint density at radius 1 is 1.26 bits per heavy atom. The van der Waals surface area contributed by atoms with E-state index in [1.165, 1.54) is 0 Å². The van der Waals surface area contributed by atoms with E-state index in [0.717, 1.165) is 17.0 Å². The average Bonchev–Trinajstić information content (AvgIpc) is 2.90. The molecule has 0 aliphatic rings. The minimum atomic E-state index is -0.370. The number of nitrogens with one attached hydrogen (secondary N) is 2. The lowest BCUT2D eigenvalue weighted by atomic mass is 10.2. The van der Waals surface area contributed by atoms with Gasteiger partial charge in [0, 0.05) is 19.3 Å². The van der Waals surface area contributed by atoms with Crippen LogP contribution in [0, 0.1) is 6.92 Å². The van der Waals surface area contributed by atoms with Crippen molar-refractivity contribution in [2.24, 2.45) is 7.05 Å². The SMILES string of the molecule is COc1cccc(CNC(=O)CNC(=O)c2cc(C)n(C)n2)c1. The zero-order chi connectivity index (χ0) is 16.8. The predicted molar refractivity (Wildman–Crippen MR) is 85.1 cm³/mol. The van der Waals surface area contributed by atoms with E-state index in [1.807, 2.05) is 31.2 Å². The molecule has 7 heteroatoms. The van der Waals surface area contributed by atoms with Gasteiger partial charge in [-0.2, -0.15) is 5.10 Å². The van der Waals surface area contributed by atoms with Gasteiger partial charge in [-0.15, -0.1) is 0 Å². The molecule has 0 atom stereocenters. The van der Waals surface area contributed by atoms with Gasteiger partial charge in [0.15, 0.2) is 0 Å². The maximum atomic E-state index is 11.9. The maximum absolute atomic E-state index is 11.9. The molecule has 0 aliphatic heterocycles. The average molecular weight is 316 g/mol. The fourth-order valence-electron chi connectivity index (χ4n) is 1.97. The summed E-state index contributed by atoms with van der Waals surface area (Å²) in [5.41, 5.74) is 2.09. The number of ether oxygens (including phenoxy) is 1. The quantitative estimate of drug-likeness (QED) is 0.825. The first-order chi connectivity index (χ1) is 11.0. The Balaban J connectivity index is 1.79. The Morgan fingerprint density at radius 2 is 2.04 bits per heavy atom. The van der Waals surface area contributed by atoms with Gasteiger partial charge in [0.05, 0.1) is 13.7 Å². The van der Waals surface area contributed by atoms with Gasteiger partial charge in [-0.25, -0.2) is 0 Å². The van der Waals surface area contributed by atoms with Crippen molar-refractivity contribution in [3.05, 3.63) is 47.3 Å². The van der Waals surface area contributed by atoms with E-state index >= 15 is 0 Å². The molecule has 0 saturated heterocycles. The second-order valence-corrected chi connectivity index (χ2v) is 5.11. The maximum Gasteiger partial charge on any atom is 0.272 e. The fraction of sp³-hybridized carbons (Fsp3) is 0.312. The number of amides is 2. The van der Waals surface area contributed by atoms with Crippen LogP contribution in [0.2, 0.25) is 0 Å². The van der Waals surface area contributed by atoms with Crippen molar-refractivity contribution in [3.63, 3.8) is 0 Å². The van der Waals surface area contributed by atoms with E-state index in [0.29, 0.717) is 12.2 Å². The van der Waals surface area contributed by atoms with Crippen LogP contribution in [0.25, 0.3) is 0 Å². The molecule has 0 saturated carbocycles. The Labute approximate surface area is 134 Å². The molecular weight excluding hydrogens is 296 g/mol. The first-order valence-electron chi connectivity index (χ1n) is 7.18. The van der Waals surface area contributed by atoms with Crippen LogP contribution in [-0.4, -0.2) is 35.2 Å². The van der Waals surface area contributed by atoms with Crippen LogP contribution in [-0.2, 0) is 18.4 Å². The van der Waals surface area contributed by atoms with E-state index in [2.05, 4.69) is 15.7 Å². The highest BCUT2D eigenvalue weighted by molar-refractivity contribution is 5.94. The van der Waals surface area contributed by atoms with E-state index in [1.54, 1.807) is 24.9 Å². The normalized spacial score (nSPS) is 10.2. The smallest absolute Gasteiger partial charge is 0.272 e. The molecule has 2 amide bonds. The number of benzene rings is 1. The van der Waals surface area contributed by atoms with Crippen molar-refractivity contribution in [1.82, 2.24) is 20.4 Å². The third-order valence-electron chi connectivity index (χ3n) is 3.38. The molecule has 2 aromatic rings. The van der Waals surface area contributed by atoms with Crippen LogP contribution in [0.15, 0.2) is 30.3 Å². The van der Waals surface area contributed by atoms with Crippen LogP contribution >= 0.6 is 0 Å². The molecule has 2 N–H and O–H groups in total. The highest BCUT2D eigenvalue weighted by atomic mass is 16.5. The summed E-state index contributed by atoms with van der Waals surface area (Å²) in [4.78, 5) is 23.7. The number of methoxy groups -OCH3 is 1. The fourth-order valence-corrected chi connectivity index (χ4v) is 1.97. The number of hydrogen-bond acceptors (Lipinski definition) is 4. The highest BCUT2D eigenvalue weighted by Crippen LogP contribution is 2.11. The van der Waals surface area contributed by atoms with Crippen molar-refractivity contribution in [2.75, 3.05) is 13.7 Å². The van der Waals surface area contributed by atoms with Crippen LogP contribution in [0.3, 0.4) is 0 Å². The molecule has 0 fully saturated rings. The molecule has 0 bridgehead atoms. The molecule has 1 heterocycles. The van der Waals surface area contributed by atoms with Gasteiger partial charge in [-0.1, -0.05) is 12.1 Å². The summed E-state index contributed by atoms with van der Waals surface area (Å²) in [6.07, 6.45) is 0. The van der Waals surface area contributed by atoms with E-state index in [-0.39, 0.29) is 18.4 Å². The molecule has 23 heavy (non-hydrogen) atoms. The van der Waals surface area contributed by atoms with Crippen molar-refractivity contribution in [1.29, 1.82) is 0 Å². The summed E-state index contributed by atoms with van der Waals surface area (Å²) < 4.78 is 6.73. The number of nitrogens with zero attached hydrogens (tertiary/aromatic N) is 2. The number of aromatic nitrogens is 2. The lowest BCUT2D eigenvalue weighted by molar-refractivity contribution is -0.120. The second kappa shape index (κ2) is 7.44. The van der Waals surface area contributed by atoms with Crippen molar-refractivity contribution >= 4 is 11.8 Å². The zero-order valence-electron chi connectivity index (χ0n) is 13.4. The topological polar surface area (TPSA) is 85.3 Å². The lowest BCUT2D eigenvalue weighted by Crippen LogP contribution is -2.36. The molecule has 0 unspecified atom stereocenters. The summed E-state index contributed by atoms with van der Waals surface area (Å²) in [6.45, 7) is 2.12. The minimum absolute atomic E-state index is 0.0988. The molecule has 2 rings (SSSR count). The van der Waals surface area contributed by atoms with Gasteiger partial charge in [0.1, 0.15) is 11.4 Å². The molecule has 7 nitrogen and oxygen atoms in total. The Bertz CT molecular complexity index is 690. The van der Waals surface area contributed by atoms with Gasteiger partial charge in [-0.3, -0.25) is 14.3 Å². The van der Waals surface area contributed by atoms with Crippen LogP contribution in [0.4, 0.5) is 0 Å². The van der Waals surface area contributed by atoms with Gasteiger partial charge in [-0.05, 0) is 30.7 Å². The monoisotopic (exact) mass is 316 g/mol. The second-order valence-electron chi connectivity index (χ2n) is 5.11. The molecule has 122 valence electrons. The van der Waals surface area contributed by atoms with Gasteiger partial charge in [0.25, 0.3) is 5.91 Å². The summed E-state index contributed by atoms with van der Waals surface area (Å²) in [5, 5.41) is 9.35. The minimum Gasteiger partial charge on any atom is -0.497 e. The van der Waals surface area contributed by atoms with Gasteiger partial charge >= 0.3 is 0 Å².